The second-order valence-electron chi connectivity index (χ2n) is 7.12. The highest BCUT2D eigenvalue weighted by Gasteiger charge is 2.69. The van der Waals surface area contributed by atoms with Crippen LogP contribution in [0, 0.1) is 16.7 Å². The summed E-state index contributed by atoms with van der Waals surface area (Å²) in [4.78, 5) is 14.9. The first-order valence-electron chi connectivity index (χ1n) is 7.29. The molecule has 1 atom stereocenters. The van der Waals surface area contributed by atoms with E-state index in [1.807, 2.05) is 7.05 Å². The minimum absolute atomic E-state index is 0.158. The van der Waals surface area contributed by atoms with Gasteiger partial charge in [-0.15, -0.1) is 0 Å². The Balaban J connectivity index is 2.08. The maximum absolute atomic E-state index is 12.8. The Morgan fingerprint density at radius 2 is 1.83 bits per heavy atom. The molecule has 1 amide bonds. The molecule has 3 heteroatoms. The van der Waals surface area contributed by atoms with Crippen molar-refractivity contribution in [3.63, 3.8) is 0 Å². The van der Waals surface area contributed by atoms with E-state index in [9.17, 15) is 4.79 Å². The molecule has 0 aromatic carbocycles. The zero-order chi connectivity index (χ0) is 13.6. The van der Waals surface area contributed by atoms with E-state index < -0.39 is 0 Å². The number of likely N-dealkylation sites (N-methyl/N-ethyl adjacent to an activating group) is 1. The summed E-state index contributed by atoms with van der Waals surface area (Å²) >= 11 is 0. The molecule has 1 saturated carbocycles. The Morgan fingerprint density at radius 3 is 2.33 bits per heavy atom. The number of rotatable bonds is 3. The van der Waals surface area contributed by atoms with E-state index in [0.717, 1.165) is 19.5 Å². The van der Waals surface area contributed by atoms with Gasteiger partial charge in [-0.1, -0.05) is 27.7 Å². The molecule has 1 aliphatic heterocycles. The smallest absolute Gasteiger partial charge is 0.227 e. The van der Waals surface area contributed by atoms with Crippen LogP contribution in [0.2, 0.25) is 0 Å². The van der Waals surface area contributed by atoms with Crippen molar-refractivity contribution in [3.8, 4) is 0 Å². The number of hydrogen-bond donors (Lipinski definition) is 1. The lowest BCUT2D eigenvalue weighted by Gasteiger charge is -2.36. The quantitative estimate of drug-likeness (QED) is 0.835. The molecule has 2 rings (SSSR count). The van der Waals surface area contributed by atoms with Crippen molar-refractivity contribution in [2.24, 2.45) is 16.7 Å². The van der Waals surface area contributed by atoms with E-state index in [4.69, 9.17) is 0 Å². The van der Waals surface area contributed by atoms with Gasteiger partial charge < -0.3 is 10.2 Å². The predicted molar refractivity (Wildman–Crippen MR) is 74.3 cm³/mol. The van der Waals surface area contributed by atoms with Crippen molar-refractivity contribution in [2.45, 2.75) is 53.0 Å². The SMILES string of the molecule is CNCC1CCCCN1C(=O)C1C(C)(C)C1(C)C. The molecule has 1 saturated heterocycles. The van der Waals surface area contributed by atoms with Gasteiger partial charge in [-0.2, -0.15) is 0 Å². The number of carbonyl (C=O) groups excluding carboxylic acids is 1. The molecule has 3 nitrogen and oxygen atoms in total. The van der Waals surface area contributed by atoms with Gasteiger partial charge >= 0.3 is 0 Å². The summed E-state index contributed by atoms with van der Waals surface area (Å²) in [5, 5.41) is 3.23. The van der Waals surface area contributed by atoms with Crippen molar-refractivity contribution in [1.82, 2.24) is 10.2 Å². The van der Waals surface area contributed by atoms with Crippen LogP contribution >= 0.6 is 0 Å². The number of piperidine rings is 1. The molecule has 2 aliphatic rings. The van der Waals surface area contributed by atoms with Crippen LogP contribution < -0.4 is 5.32 Å². The van der Waals surface area contributed by atoms with Gasteiger partial charge in [-0.3, -0.25) is 4.79 Å². The summed E-state index contributed by atoms with van der Waals surface area (Å²) in [5.74, 6) is 0.604. The summed E-state index contributed by atoms with van der Waals surface area (Å²) < 4.78 is 0. The second-order valence-corrected chi connectivity index (χ2v) is 7.12. The summed E-state index contributed by atoms with van der Waals surface area (Å²) in [7, 11) is 1.97. The van der Waals surface area contributed by atoms with Gasteiger partial charge in [0.2, 0.25) is 5.91 Å². The minimum atomic E-state index is 0.158. The van der Waals surface area contributed by atoms with Gasteiger partial charge in [0, 0.05) is 25.0 Å². The zero-order valence-corrected chi connectivity index (χ0v) is 12.5. The molecule has 1 unspecified atom stereocenters. The van der Waals surface area contributed by atoms with E-state index in [1.54, 1.807) is 0 Å². The highest BCUT2D eigenvalue weighted by Crippen LogP contribution is 2.68. The summed E-state index contributed by atoms with van der Waals surface area (Å²) in [6.07, 6.45) is 3.58. The lowest BCUT2D eigenvalue weighted by atomic mass is 10.00. The molecule has 104 valence electrons. The maximum atomic E-state index is 12.8. The molecule has 0 aromatic heterocycles. The van der Waals surface area contributed by atoms with Crippen LogP contribution in [0.1, 0.15) is 47.0 Å². The average Bonchev–Trinajstić information content (AvgIpc) is 2.70. The van der Waals surface area contributed by atoms with Crippen molar-refractivity contribution >= 4 is 5.91 Å². The number of carbonyl (C=O) groups is 1. The first-order valence-corrected chi connectivity index (χ1v) is 7.29. The molecule has 2 fully saturated rings. The minimum Gasteiger partial charge on any atom is -0.338 e. The lowest BCUT2D eigenvalue weighted by Crippen LogP contribution is -2.49. The van der Waals surface area contributed by atoms with Crippen LogP contribution in [0.15, 0.2) is 0 Å². The van der Waals surface area contributed by atoms with Gasteiger partial charge in [-0.25, -0.2) is 0 Å². The molecular formula is C15H28N2O. The lowest BCUT2D eigenvalue weighted by molar-refractivity contribution is -0.137. The van der Waals surface area contributed by atoms with Crippen molar-refractivity contribution in [3.05, 3.63) is 0 Å². The van der Waals surface area contributed by atoms with Crippen LogP contribution in [0.3, 0.4) is 0 Å². The Hall–Kier alpha value is -0.570. The van der Waals surface area contributed by atoms with Crippen LogP contribution in [0.4, 0.5) is 0 Å². The first kappa shape index (κ1) is 13.9. The Kier molecular flexibility index (Phi) is 3.48. The largest absolute Gasteiger partial charge is 0.338 e. The van der Waals surface area contributed by atoms with Crippen LogP contribution in [0.25, 0.3) is 0 Å². The molecular weight excluding hydrogens is 224 g/mol. The normalized spacial score (nSPS) is 30.3. The number of nitrogens with one attached hydrogen (secondary N) is 1. The van der Waals surface area contributed by atoms with Crippen LogP contribution in [-0.4, -0.2) is 37.0 Å². The maximum Gasteiger partial charge on any atom is 0.227 e. The summed E-state index contributed by atoms with van der Waals surface area (Å²) in [5.41, 5.74) is 0.317. The van der Waals surface area contributed by atoms with Gasteiger partial charge in [0.25, 0.3) is 0 Å². The Labute approximate surface area is 111 Å². The Bertz CT molecular complexity index is 319. The fraction of sp³-hybridized carbons (Fsp3) is 0.933. The monoisotopic (exact) mass is 252 g/mol. The predicted octanol–water partition coefficient (Wildman–Crippen LogP) is 2.27. The third kappa shape index (κ3) is 1.97. The summed E-state index contributed by atoms with van der Waals surface area (Å²) in [6, 6.07) is 0.406. The van der Waals surface area contributed by atoms with E-state index in [-0.39, 0.29) is 16.7 Å². The van der Waals surface area contributed by atoms with Gasteiger partial charge in [0.05, 0.1) is 0 Å². The van der Waals surface area contributed by atoms with E-state index >= 15 is 0 Å². The molecule has 0 spiro atoms. The number of likely N-dealkylation sites (tertiary alicyclic amines) is 1. The average molecular weight is 252 g/mol. The third-order valence-corrected chi connectivity index (χ3v) is 5.62. The fourth-order valence-corrected chi connectivity index (χ4v) is 3.72. The van der Waals surface area contributed by atoms with Crippen molar-refractivity contribution in [2.75, 3.05) is 20.1 Å². The molecule has 0 radical (unpaired) electrons. The van der Waals surface area contributed by atoms with Gasteiger partial charge in [0.15, 0.2) is 0 Å². The second kappa shape index (κ2) is 4.52. The van der Waals surface area contributed by atoms with Crippen LogP contribution in [-0.2, 0) is 4.79 Å². The number of amides is 1. The standard InChI is InChI=1S/C15H28N2O/c1-14(2)12(15(14,3)4)13(18)17-9-7-6-8-11(17)10-16-5/h11-12,16H,6-10H2,1-5H3. The van der Waals surface area contributed by atoms with Gasteiger partial charge in [-0.05, 0) is 37.1 Å². The van der Waals surface area contributed by atoms with Crippen molar-refractivity contribution < 1.29 is 4.79 Å². The topological polar surface area (TPSA) is 32.3 Å². The van der Waals surface area contributed by atoms with Crippen LogP contribution in [0.5, 0.6) is 0 Å². The highest BCUT2D eigenvalue weighted by atomic mass is 16.2. The zero-order valence-electron chi connectivity index (χ0n) is 12.5. The molecule has 1 aliphatic carbocycles. The molecule has 18 heavy (non-hydrogen) atoms. The van der Waals surface area contributed by atoms with Gasteiger partial charge in [0.1, 0.15) is 0 Å². The highest BCUT2D eigenvalue weighted by molar-refractivity contribution is 5.84. The molecule has 0 bridgehead atoms. The van der Waals surface area contributed by atoms with E-state index in [1.165, 1.54) is 12.8 Å². The third-order valence-electron chi connectivity index (χ3n) is 5.62. The molecule has 1 heterocycles. The Morgan fingerprint density at radius 1 is 1.22 bits per heavy atom. The fourth-order valence-electron chi connectivity index (χ4n) is 3.72. The van der Waals surface area contributed by atoms with E-state index in [2.05, 4.69) is 37.9 Å². The van der Waals surface area contributed by atoms with Crippen molar-refractivity contribution in [1.29, 1.82) is 0 Å². The molecule has 1 N–H and O–H groups in total. The number of nitrogens with zero attached hydrogens (tertiary/aromatic N) is 1. The summed E-state index contributed by atoms with van der Waals surface area (Å²) in [6.45, 7) is 10.8. The van der Waals surface area contributed by atoms with E-state index in [0.29, 0.717) is 11.9 Å². The molecule has 0 aromatic rings. The number of hydrogen-bond acceptors (Lipinski definition) is 2. The first-order chi connectivity index (χ1) is 8.34.